The molecule has 2 amide bonds. The lowest BCUT2D eigenvalue weighted by Gasteiger charge is -2.22. The average molecular weight is 447 g/mol. The summed E-state index contributed by atoms with van der Waals surface area (Å²) in [5.74, 6) is -0.505. The van der Waals surface area contributed by atoms with E-state index in [0.717, 1.165) is 27.3 Å². The molecule has 30 heavy (non-hydrogen) atoms. The molecular formula is C22H26N2O4S2. The number of aryl methyl sites for hydroxylation is 3. The van der Waals surface area contributed by atoms with E-state index in [1.807, 2.05) is 32.9 Å². The van der Waals surface area contributed by atoms with Gasteiger partial charge in [0.15, 0.2) is 9.84 Å². The molecule has 0 radical (unpaired) electrons. The molecule has 8 heteroatoms. The SMILES string of the molecule is Cc1cc(C)c(NC(=O)C[C@@H](C)S(=O)(=O)c2ccc3c(c2)NC(=O)[C@@H](C)S3)c(C)c1. The highest BCUT2D eigenvalue weighted by Crippen LogP contribution is 2.37. The molecule has 0 bridgehead atoms. The number of hydrogen-bond acceptors (Lipinski definition) is 5. The van der Waals surface area contributed by atoms with E-state index in [-0.39, 0.29) is 28.4 Å². The van der Waals surface area contributed by atoms with Crippen molar-refractivity contribution in [2.45, 2.75) is 61.3 Å². The van der Waals surface area contributed by atoms with E-state index in [4.69, 9.17) is 0 Å². The van der Waals surface area contributed by atoms with E-state index in [0.29, 0.717) is 5.69 Å². The summed E-state index contributed by atoms with van der Waals surface area (Å²) in [5.41, 5.74) is 4.19. The van der Waals surface area contributed by atoms with Crippen molar-refractivity contribution in [1.29, 1.82) is 0 Å². The van der Waals surface area contributed by atoms with E-state index in [1.54, 1.807) is 13.0 Å². The Balaban J connectivity index is 1.76. The zero-order chi connectivity index (χ0) is 22.2. The lowest BCUT2D eigenvalue weighted by atomic mass is 10.0. The highest BCUT2D eigenvalue weighted by molar-refractivity contribution is 8.01. The Morgan fingerprint density at radius 2 is 1.80 bits per heavy atom. The molecule has 1 aliphatic rings. The molecule has 6 nitrogen and oxygen atoms in total. The topological polar surface area (TPSA) is 92.3 Å². The van der Waals surface area contributed by atoms with Gasteiger partial charge in [0.05, 0.1) is 21.1 Å². The molecule has 3 rings (SSSR count). The Hall–Kier alpha value is -2.32. The number of nitrogens with one attached hydrogen (secondary N) is 2. The molecule has 2 aromatic carbocycles. The van der Waals surface area contributed by atoms with Gasteiger partial charge in [0.2, 0.25) is 11.8 Å². The fraction of sp³-hybridized carbons (Fsp3) is 0.364. The summed E-state index contributed by atoms with van der Waals surface area (Å²) >= 11 is 1.39. The molecule has 0 unspecified atom stereocenters. The number of anilines is 2. The number of thioether (sulfide) groups is 1. The fourth-order valence-electron chi connectivity index (χ4n) is 3.54. The zero-order valence-electron chi connectivity index (χ0n) is 17.7. The maximum Gasteiger partial charge on any atom is 0.237 e. The highest BCUT2D eigenvalue weighted by Gasteiger charge is 2.29. The number of carbonyl (C=O) groups excluding carboxylic acids is 2. The molecule has 0 spiro atoms. The van der Waals surface area contributed by atoms with E-state index < -0.39 is 15.1 Å². The van der Waals surface area contributed by atoms with Gasteiger partial charge >= 0.3 is 0 Å². The van der Waals surface area contributed by atoms with Crippen LogP contribution in [-0.2, 0) is 19.4 Å². The monoisotopic (exact) mass is 446 g/mol. The minimum atomic E-state index is -3.74. The van der Waals surface area contributed by atoms with Gasteiger partial charge in [0.1, 0.15) is 0 Å². The van der Waals surface area contributed by atoms with Gasteiger partial charge < -0.3 is 10.6 Å². The van der Waals surface area contributed by atoms with Crippen LogP contribution in [0.15, 0.2) is 40.1 Å². The maximum atomic E-state index is 13.0. The van der Waals surface area contributed by atoms with Crippen molar-refractivity contribution in [3.05, 3.63) is 47.0 Å². The van der Waals surface area contributed by atoms with Crippen LogP contribution in [0.3, 0.4) is 0 Å². The van der Waals surface area contributed by atoms with Crippen molar-refractivity contribution in [3.63, 3.8) is 0 Å². The molecular weight excluding hydrogens is 420 g/mol. The van der Waals surface area contributed by atoms with Crippen molar-refractivity contribution in [3.8, 4) is 0 Å². The Morgan fingerprint density at radius 3 is 2.43 bits per heavy atom. The molecule has 1 aliphatic heterocycles. The Labute approximate surface area is 181 Å². The number of amides is 2. The van der Waals surface area contributed by atoms with Gasteiger partial charge in [0.25, 0.3) is 0 Å². The summed E-state index contributed by atoms with van der Waals surface area (Å²) in [4.78, 5) is 25.4. The third-order valence-corrected chi connectivity index (χ3v) is 8.47. The number of hydrogen-bond donors (Lipinski definition) is 2. The lowest BCUT2D eigenvalue weighted by Crippen LogP contribution is -2.28. The first kappa shape index (κ1) is 22.4. The van der Waals surface area contributed by atoms with Crippen LogP contribution >= 0.6 is 11.8 Å². The van der Waals surface area contributed by atoms with Crippen molar-refractivity contribution in [2.75, 3.05) is 10.6 Å². The van der Waals surface area contributed by atoms with Gasteiger partial charge in [-0.05, 0) is 63.9 Å². The predicted molar refractivity (Wildman–Crippen MR) is 121 cm³/mol. The minimum absolute atomic E-state index is 0.0969. The normalized spacial score (nSPS) is 17.1. The largest absolute Gasteiger partial charge is 0.326 e. The van der Waals surface area contributed by atoms with Crippen molar-refractivity contribution >= 4 is 44.8 Å². The van der Waals surface area contributed by atoms with Crippen LogP contribution in [0.5, 0.6) is 0 Å². The van der Waals surface area contributed by atoms with Crippen LogP contribution in [-0.4, -0.2) is 30.7 Å². The van der Waals surface area contributed by atoms with Crippen LogP contribution in [0.1, 0.15) is 37.0 Å². The molecule has 0 aliphatic carbocycles. The molecule has 2 N–H and O–H groups in total. The first-order chi connectivity index (χ1) is 14.0. The van der Waals surface area contributed by atoms with Crippen molar-refractivity contribution < 1.29 is 18.0 Å². The van der Waals surface area contributed by atoms with Gasteiger partial charge in [-0.2, -0.15) is 0 Å². The van der Waals surface area contributed by atoms with Gasteiger partial charge in [-0.3, -0.25) is 9.59 Å². The molecule has 1 heterocycles. The third-order valence-electron chi connectivity index (χ3n) is 5.15. The third kappa shape index (κ3) is 4.54. The van der Waals surface area contributed by atoms with Crippen LogP contribution < -0.4 is 10.6 Å². The molecule has 0 aromatic heterocycles. The maximum absolute atomic E-state index is 13.0. The summed E-state index contributed by atoms with van der Waals surface area (Å²) in [6.45, 7) is 9.14. The summed E-state index contributed by atoms with van der Waals surface area (Å²) in [5, 5.41) is 4.47. The van der Waals surface area contributed by atoms with E-state index in [9.17, 15) is 18.0 Å². The first-order valence-corrected chi connectivity index (χ1v) is 12.1. The van der Waals surface area contributed by atoms with Gasteiger partial charge in [-0.15, -0.1) is 11.8 Å². The summed E-state index contributed by atoms with van der Waals surface area (Å²) in [6.07, 6.45) is -0.162. The van der Waals surface area contributed by atoms with E-state index in [1.165, 1.54) is 30.8 Å². The number of carbonyl (C=O) groups is 2. The second-order valence-electron chi connectivity index (χ2n) is 7.79. The molecule has 2 aromatic rings. The van der Waals surface area contributed by atoms with Crippen LogP contribution in [0.2, 0.25) is 0 Å². The molecule has 0 saturated heterocycles. The van der Waals surface area contributed by atoms with Crippen molar-refractivity contribution in [1.82, 2.24) is 0 Å². The second-order valence-corrected chi connectivity index (χ2v) is 11.5. The van der Waals surface area contributed by atoms with Crippen LogP contribution in [0, 0.1) is 20.8 Å². The quantitative estimate of drug-likeness (QED) is 0.717. The van der Waals surface area contributed by atoms with E-state index >= 15 is 0 Å². The number of fused-ring (bicyclic) bond motifs is 1. The highest BCUT2D eigenvalue weighted by atomic mass is 32.2. The van der Waals surface area contributed by atoms with Gasteiger partial charge in [-0.25, -0.2) is 8.42 Å². The molecule has 0 saturated carbocycles. The zero-order valence-corrected chi connectivity index (χ0v) is 19.3. The first-order valence-electron chi connectivity index (χ1n) is 9.72. The molecule has 2 atom stereocenters. The summed E-state index contributed by atoms with van der Waals surface area (Å²) < 4.78 is 26.1. The standard InChI is InChI=1S/C22H26N2O4S2/c1-12-8-13(2)21(14(3)9-12)24-20(25)10-15(4)30(27,28)17-6-7-19-18(11-17)23-22(26)16(5)29-19/h6-9,11,15-16H,10H2,1-5H3,(H,23,26)(H,24,25)/t15-,16-/m1/s1. The van der Waals surface area contributed by atoms with Crippen LogP contribution in [0.25, 0.3) is 0 Å². The Kier molecular flexibility index (Phi) is 6.29. The predicted octanol–water partition coefficient (Wildman–Crippen LogP) is 4.24. The average Bonchev–Trinajstić information content (AvgIpc) is 2.65. The van der Waals surface area contributed by atoms with Gasteiger partial charge in [0, 0.05) is 17.0 Å². The summed E-state index contributed by atoms with van der Waals surface area (Å²) in [6, 6.07) is 8.67. The lowest BCUT2D eigenvalue weighted by molar-refractivity contribution is -0.116. The molecule has 160 valence electrons. The second kappa shape index (κ2) is 8.43. The smallest absolute Gasteiger partial charge is 0.237 e. The summed E-state index contributed by atoms with van der Waals surface area (Å²) in [7, 11) is -3.74. The minimum Gasteiger partial charge on any atom is -0.326 e. The van der Waals surface area contributed by atoms with Crippen LogP contribution in [0.4, 0.5) is 11.4 Å². The van der Waals surface area contributed by atoms with Crippen molar-refractivity contribution in [2.24, 2.45) is 0 Å². The fourth-order valence-corrected chi connectivity index (χ4v) is 5.84. The number of benzene rings is 2. The number of sulfone groups is 1. The van der Waals surface area contributed by atoms with E-state index in [2.05, 4.69) is 10.6 Å². The Bertz CT molecular complexity index is 1100. The van der Waals surface area contributed by atoms with Gasteiger partial charge in [-0.1, -0.05) is 17.7 Å². The number of rotatable bonds is 5. The molecule has 0 fully saturated rings. The Morgan fingerprint density at radius 1 is 1.17 bits per heavy atom.